The fourth-order valence-electron chi connectivity index (χ4n) is 13.3. The van der Waals surface area contributed by atoms with Crippen molar-refractivity contribution in [1.29, 1.82) is 0 Å². The molecule has 1 heterocycles. The van der Waals surface area contributed by atoms with E-state index in [1.807, 2.05) is 0 Å². The predicted molar refractivity (Wildman–Crippen MR) is 175 cm³/mol. The van der Waals surface area contributed by atoms with Gasteiger partial charge in [-0.3, -0.25) is 0 Å². The fraction of sp³-hybridized carbons (Fsp3) is 1.00. The van der Waals surface area contributed by atoms with Crippen molar-refractivity contribution in [1.82, 2.24) is 0 Å². The van der Waals surface area contributed by atoms with Crippen LogP contribution in [0.4, 0.5) is 0 Å². The lowest BCUT2D eigenvalue weighted by Gasteiger charge is -2.84. The van der Waals surface area contributed by atoms with E-state index in [0.29, 0.717) is 0 Å². The van der Waals surface area contributed by atoms with E-state index in [9.17, 15) is 0 Å². The van der Waals surface area contributed by atoms with Gasteiger partial charge in [0.05, 0.1) is 0 Å². The van der Waals surface area contributed by atoms with Crippen molar-refractivity contribution in [2.45, 2.75) is 131 Å². The summed E-state index contributed by atoms with van der Waals surface area (Å²) in [6.07, 6.45) is -2.67. The molecule has 1 fully saturated rings. The molecule has 1 aliphatic heterocycles. The van der Waals surface area contributed by atoms with Gasteiger partial charge in [-0.25, -0.2) is 0 Å². The molecular formula is C20H60Si10. The van der Waals surface area contributed by atoms with Crippen molar-refractivity contribution < 1.29 is 0 Å². The highest BCUT2D eigenvalue weighted by atomic mass is 30.5. The maximum Gasteiger partial charge on any atom is 0.0308 e. The van der Waals surface area contributed by atoms with E-state index in [1.54, 1.807) is 0 Å². The lowest BCUT2D eigenvalue weighted by atomic mass is 11.8. The average Bonchev–Trinajstić information content (AvgIpc) is 2.27. The van der Waals surface area contributed by atoms with Gasteiger partial charge in [-0.2, -0.15) is 0 Å². The molecule has 10 heteroatoms. The van der Waals surface area contributed by atoms with Crippen LogP contribution in [-0.2, 0) is 0 Å². The van der Waals surface area contributed by atoms with Crippen LogP contribution in [0.5, 0.6) is 0 Å². The van der Waals surface area contributed by atoms with Crippen LogP contribution < -0.4 is 0 Å². The highest BCUT2D eigenvalue weighted by molar-refractivity contribution is 8.36. The summed E-state index contributed by atoms with van der Waals surface area (Å²) in [5.41, 5.74) is 0. The Balaban J connectivity index is 4.70. The molecule has 1 aliphatic rings. The van der Waals surface area contributed by atoms with E-state index in [4.69, 9.17) is 0 Å². The zero-order chi connectivity index (χ0) is 25.0. The van der Waals surface area contributed by atoms with E-state index in [-0.39, 0.29) is 0 Å². The van der Waals surface area contributed by atoms with Crippen molar-refractivity contribution in [3.05, 3.63) is 0 Å². The number of rotatable bonds is 4. The van der Waals surface area contributed by atoms with Crippen LogP contribution in [0.2, 0.25) is 131 Å². The molecule has 0 aromatic rings. The van der Waals surface area contributed by atoms with E-state index < -0.39 is 71.1 Å². The summed E-state index contributed by atoms with van der Waals surface area (Å²) in [7, 11) is -10.2. The third kappa shape index (κ3) is 3.02. The minimum Gasteiger partial charge on any atom is -0.0742 e. The minimum absolute atomic E-state index is 1.25. The fourth-order valence-corrected chi connectivity index (χ4v) is 643. The summed E-state index contributed by atoms with van der Waals surface area (Å²) < 4.78 is 0. The first-order valence-corrected chi connectivity index (χ1v) is 52.5. The highest BCUT2D eigenvalue weighted by Gasteiger charge is 2.88. The lowest BCUT2D eigenvalue weighted by Crippen LogP contribution is -3.15. The molecule has 0 nitrogen and oxygen atoms in total. The van der Waals surface area contributed by atoms with Crippen LogP contribution >= 0.6 is 0 Å². The molecule has 0 unspecified atom stereocenters. The summed E-state index contributed by atoms with van der Waals surface area (Å²) in [5.74, 6) is 0. The van der Waals surface area contributed by atoms with Gasteiger partial charge in [-0.05, 0) is 0 Å². The van der Waals surface area contributed by atoms with E-state index in [0.717, 1.165) is 0 Å². The molecule has 0 amide bonds. The van der Waals surface area contributed by atoms with Crippen molar-refractivity contribution >= 4 is 71.1 Å². The molecule has 1 saturated heterocycles. The molecule has 0 radical (unpaired) electrons. The Morgan fingerprint density at radius 1 is 0.267 bits per heavy atom. The van der Waals surface area contributed by atoms with Crippen molar-refractivity contribution in [3.8, 4) is 0 Å². The second kappa shape index (κ2) is 7.34. The van der Waals surface area contributed by atoms with Crippen molar-refractivity contribution in [2.75, 3.05) is 0 Å². The van der Waals surface area contributed by atoms with Gasteiger partial charge in [-0.15, -0.1) is 0 Å². The first-order valence-electron chi connectivity index (χ1n) is 12.5. The largest absolute Gasteiger partial charge is 0.0742 e. The Kier molecular flexibility index (Phi) is 7.39. The quantitative estimate of drug-likeness (QED) is 0.297. The standard InChI is InChI=1S/C20H60Si10/c1-21(2,3)29(22(4,5)6)26(15,16)25(13,14)27(17,18)30(23(7,8)9,24(10,11)12)28(29,19)20/h1-20H3. The second-order valence-corrected chi connectivity index (χ2v) is 141. The summed E-state index contributed by atoms with van der Waals surface area (Å²) >= 11 is 0. The molecule has 30 heavy (non-hydrogen) atoms. The van der Waals surface area contributed by atoms with Gasteiger partial charge in [0.2, 0.25) is 0 Å². The first kappa shape index (κ1) is 30.2. The van der Waals surface area contributed by atoms with Gasteiger partial charge in [-0.1, -0.05) is 131 Å². The third-order valence-corrected chi connectivity index (χ3v) is 318. The van der Waals surface area contributed by atoms with Gasteiger partial charge in [0.1, 0.15) is 0 Å². The Morgan fingerprint density at radius 2 is 0.433 bits per heavy atom. The Labute approximate surface area is 200 Å². The summed E-state index contributed by atoms with van der Waals surface area (Å²) in [4.78, 5) is 0. The molecule has 0 bridgehead atoms. The molecule has 0 aromatic heterocycles. The zero-order valence-corrected chi connectivity index (χ0v) is 35.0. The highest BCUT2D eigenvalue weighted by Crippen LogP contribution is 2.60. The zero-order valence-electron chi connectivity index (χ0n) is 25.0. The Morgan fingerprint density at radius 3 is 0.567 bits per heavy atom. The lowest BCUT2D eigenvalue weighted by molar-refractivity contribution is 1.72. The molecule has 180 valence electrons. The van der Waals surface area contributed by atoms with Gasteiger partial charge in [0.15, 0.2) is 0 Å². The topological polar surface area (TPSA) is 0 Å². The first-order chi connectivity index (χ1) is 12.5. The maximum atomic E-state index is 3.16. The molecule has 0 saturated carbocycles. The van der Waals surface area contributed by atoms with E-state index in [2.05, 4.69) is 131 Å². The smallest absolute Gasteiger partial charge is 0.0308 e. The van der Waals surface area contributed by atoms with Crippen molar-refractivity contribution in [3.63, 3.8) is 0 Å². The minimum atomic E-state index is -1.37. The molecular weight excluding hydrogens is 521 g/mol. The van der Waals surface area contributed by atoms with Crippen LogP contribution in [0.25, 0.3) is 0 Å². The SMILES string of the molecule is C[Si](C)(C)[Si]1([Si](C)(C)C)[Si](C)(C)[Si](C)(C)[Si](C)(C)[Si]([Si](C)(C)C)([Si](C)(C)C)[Si]1(C)C. The average molecular weight is 582 g/mol. The Bertz CT molecular complexity index is 594. The molecule has 0 spiro atoms. The maximum absolute atomic E-state index is 3.16. The van der Waals surface area contributed by atoms with E-state index in [1.165, 1.54) is 0 Å². The summed E-state index contributed by atoms with van der Waals surface area (Å²) in [6, 6.07) is 0. The van der Waals surface area contributed by atoms with Gasteiger partial charge in [0.25, 0.3) is 0 Å². The molecule has 0 atom stereocenters. The molecule has 0 aromatic carbocycles. The molecule has 0 aliphatic carbocycles. The molecule has 1 rings (SSSR count). The van der Waals surface area contributed by atoms with Gasteiger partial charge in [0, 0.05) is 71.1 Å². The van der Waals surface area contributed by atoms with Crippen LogP contribution in [0, 0.1) is 0 Å². The van der Waals surface area contributed by atoms with Crippen LogP contribution in [0.15, 0.2) is 0 Å². The summed E-state index contributed by atoms with van der Waals surface area (Å²) in [5, 5.41) is 0. The van der Waals surface area contributed by atoms with Crippen LogP contribution in [-0.4, -0.2) is 71.1 Å². The normalized spacial score (nSPS) is 27.6. The van der Waals surface area contributed by atoms with E-state index >= 15 is 0 Å². The van der Waals surface area contributed by atoms with Crippen LogP contribution in [0.3, 0.4) is 0 Å². The molecule has 0 N–H and O–H groups in total. The third-order valence-electron chi connectivity index (χ3n) is 11.4. The Hall–Kier alpha value is 2.17. The van der Waals surface area contributed by atoms with Gasteiger partial charge < -0.3 is 0 Å². The van der Waals surface area contributed by atoms with Crippen molar-refractivity contribution in [2.24, 2.45) is 0 Å². The number of hydrogen-bond donors (Lipinski definition) is 0. The summed E-state index contributed by atoms with van der Waals surface area (Å²) in [6.45, 7) is 59.8. The number of hydrogen-bond acceptors (Lipinski definition) is 0. The monoisotopic (exact) mass is 580 g/mol. The van der Waals surface area contributed by atoms with Gasteiger partial charge >= 0.3 is 0 Å². The predicted octanol–water partition coefficient (Wildman–Crippen LogP) is 7.87. The van der Waals surface area contributed by atoms with Crippen LogP contribution in [0.1, 0.15) is 0 Å². The second-order valence-electron chi connectivity index (χ2n) is 17.0.